The molecule has 1 aliphatic carbocycles. The molecule has 0 heterocycles. The fourth-order valence-electron chi connectivity index (χ4n) is 3.80. The van der Waals surface area contributed by atoms with Crippen LogP contribution in [-0.2, 0) is 16.1 Å². The second kappa shape index (κ2) is 12.6. The predicted molar refractivity (Wildman–Crippen MR) is 128 cm³/mol. The predicted octanol–water partition coefficient (Wildman–Crippen LogP) is 2.87. The van der Waals surface area contributed by atoms with Gasteiger partial charge in [-0.1, -0.05) is 42.2 Å². The van der Waals surface area contributed by atoms with Gasteiger partial charge in [-0.25, -0.2) is 0 Å². The van der Waals surface area contributed by atoms with Gasteiger partial charge in [0.05, 0.1) is 6.10 Å². The third kappa shape index (κ3) is 8.05. The fourth-order valence-corrected chi connectivity index (χ4v) is 3.80. The highest BCUT2D eigenvalue weighted by Crippen LogP contribution is 2.23. The summed E-state index contributed by atoms with van der Waals surface area (Å²) in [5, 5.41) is 24.0. The molecule has 34 heavy (non-hydrogen) atoms. The number of aliphatic hydroxyl groups excluding tert-OH is 1. The lowest BCUT2D eigenvalue weighted by Gasteiger charge is -2.21. The standard InChI is InChI=1S/C27H30N2O5/c30-23-14-10-20(11-15-23)7-6-19-8-12-22(13-9-19)26(33)29-24(16-17-25(31)32)27(34)28-18-21-4-2-1-3-5-21/h1-5,8-9,12-13,20,23-24,30H,10-11,14-18H2,(H,28,34)(H,29,33)(H,31,32)/t20?,23?,24-/m0/s1. The Morgan fingerprint density at radius 3 is 2.29 bits per heavy atom. The number of aliphatic carboxylic acids is 1. The zero-order chi connectivity index (χ0) is 24.3. The zero-order valence-corrected chi connectivity index (χ0v) is 19.0. The van der Waals surface area contributed by atoms with Crippen LogP contribution in [0.4, 0.5) is 0 Å². The number of carbonyl (C=O) groups excluding carboxylic acids is 2. The van der Waals surface area contributed by atoms with E-state index < -0.39 is 23.8 Å². The molecule has 1 aliphatic rings. The molecule has 7 heteroatoms. The summed E-state index contributed by atoms with van der Waals surface area (Å²) in [5.41, 5.74) is 2.05. The Labute approximate surface area is 199 Å². The van der Waals surface area contributed by atoms with Crippen molar-refractivity contribution in [2.45, 2.75) is 57.2 Å². The van der Waals surface area contributed by atoms with Crippen molar-refractivity contribution >= 4 is 17.8 Å². The van der Waals surface area contributed by atoms with E-state index in [0.29, 0.717) is 5.56 Å². The van der Waals surface area contributed by atoms with Crippen molar-refractivity contribution in [3.8, 4) is 11.8 Å². The van der Waals surface area contributed by atoms with E-state index in [1.54, 1.807) is 24.3 Å². The van der Waals surface area contributed by atoms with Crippen LogP contribution < -0.4 is 10.6 Å². The van der Waals surface area contributed by atoms with Gasteiger partial charge in [0.2, 0.25) is 5.91 Å². The first kappa shape index (κ1) is 25.0. The van der Waals surface area contributed by atoms with Gasteiger partial charge in [0.25, 0.3) is 5.91 Å². The average molecular weight is 463 g/mol. The zero-order valence-electron chi connectivity index (χ0n) is 19.0. The monoisotopic (exact) mass is 462 g/mol. The maximum absolute atomic E-state index is 12.7. The molecule has 2 aromatic carbocycles. The van der Waals surface area contributed by atoms with E-state index in [4.69, 9.17) is 5.11 Å². The molecule has 0 aromatic heterocycles. The molecule has 178 valence electrons. The van der Waals surface area contributed by atoms with Gasteiger partial charge in [-0.05, 0) is 61.9 Å². The molecule has 1 saturated carbocycles. The Morgan fingerprint density at radius 1 is 0.971 bits per heavy atom. The topological polar surface area (TPSA) is 116 Å². The SMILES string of the molecule is O=C(O)CC[C@H](NC(=O)c1ccc(C#CC2CCC(O)CC2)cc1)C(=O)NCc1ccccc1. The lowest BCUT2D eigenvalue weighted by Crippen LogP contribution is -2.46. The maximum atomic E-state index is 12.7. The van der Waals surface area contributed by atoms with Crippen molar-refractivity contribution in [3.05, 3.63) is 71.3 Å². The minimum absolute atomic E-state index is 0.0126. The first-order valence-corrected chi connectivity index (χ1v) is 11.5. The van der Waals surface area contributed by atoms with E-state index in [9.17, 15) is 19.5 Å². The molecular weight excluding hydrogens is 432 g/mol. The van der Waals surface area contributed by atoms with Gasteiger partial charge in [-0.3, -0.25) is 14.4 Å². The third-order valence-corrected chi connectivity index (χ3v) is 5.84. The molecule has 0 aliphatic heterocycles. The Kier molecular flexibility index (Phi) is 9.24. The summed E-state index contributed by atoms with van der Waals surface area (Å²) in [6.45, 7) is 0.284. The van der Waals surface area contributed by atoms with Gasteiger partial charge in [-0.15, -0.1) is 0 Å². The number of hydrogen-bond donors (Lipinski definition) is 4. The normalized spacial score (nSPS) is 18.1. The molecule has 0 saturated heterocycles. The molecular formula is C27H30N2O5. The van der Waals surface area contributed by atoms with Crippen molar-refractivity contribution in [1.82, 2.24) is 10.6 Å². The molecule has 3 rings (SSSR count). The Bertz CT molecular complexity index is 1030. The molecule has 1 atom stereocenters. The van der Waals surface area contributed by atoms with Crippen molar-refractivity contribution in [2.24, 2.45) is 5.92 Å². The largest absolute Gasteiger partial charge is 0.481 e. The van der Waals surface area contributed by atoms with Gasteiger partial charge < -0.3 is 20.8 Å². The van der Waals surface area contributed by atoms with Crippen LogP contribution in [0.25, 0.3) is 0 Å². The van der Waals surface area contributed by atoms with E-state index in [1.165, 1.54) is 0 Å². The molecule has 7 nitrogen and oxygen atoms in total. The van der Waals surface area contributed by atoms with Gasteiger partial charge in [0.15, 0.2) is 0 Å². The number of rotatable bonds is 8. The van der Waals surface area contributed by atoms with Crippen molar-refractivity contribution in [2.75, 3.05) is 0 Å². The van der Waals surface area contributed by atoms with Gasteiger partial charge >= 0.3 is 5.97 Å². The summed E-state index contributed by atoms with van der Waals surface area (Å²) in [6.07, 6.45) is 2.87. The van der Waals surface area contributed by atoms with E-state index in [2.05, 4.69) is 22.5 Å². The van der Waals surface area contributed by atoms with Crippen LogP contribution in [0, 0.1) is 17.8 Å². The number of carboxylic acids is 1. The summed E-state index contributed by atoms with van der Waals surface area (Å²) in [5.74, 6) is 4.72. The van der Waals surface area contributed by atoms with Crippen LogP contribution in [0.1, 0.15) is 60.0 Å². The third-order valence-electron chi connectivity index (χ3n) is 5.84. The highest BCUT2D eigenvalue weighted by Gasteiger charge is 2.22. The van der Waals surface area contributed by atoms with Gasteiger partial charge in [0.1, 0.15) is 6.04 Å². The van der Waals surface area contributed by atoms with Crippen molar-refractivity contribution < 1.29 is 24.6 Å². The number of carboxylic acid groups (broad SMARTS) is 1. The van der Waals surface area contributed by atoms with Crippen LogP contribution in [-0.4, -0.2) is 40.1 Å². The van der Waals surface area contributed by atoms with Crippen LogP contribution in [0.15, 0.2) is 54.6 Å². The van der Waals surface area contributed by atoms with Gasteiger partial charge in [-0.2, -0.15) is 0 Å². The summed E-state index contributed by atoms with van der Waals surface area (Å²) >= 11 is 0. The van der Waals surface area contributed by atoms with Crippen LogP contribution in [0.2, 0.25) is 0 Å². The number of amides is 2. The Balaban J connectivity index is 1.59. The molecule has 0 radical (unpaired) electrons. The van der Waals surface area contributed by atoms with Crippen molar-refractivity contribution in [3.63, 3.8) is 0 Å². The minimum atomic E-state index is -1.04. The first-order valence-electron chi connectivity index (χ1n) is 11.5. The molecule has 0 unspecified atom stereocenters. The van der Waals surface area contributed by atoms with E-state index in [0.717, 1.165) is 36.8 Å². The first-order chi connectivity index (χ1) is 16.4. The van der Waals surface area contributed by atoms with E-state index in [-0.39, 0.29) is 31.4 Å². The number of aliphatic hydroxyl groups is 1. The van der Waals surface area contributed by atoms with Crippen LogP contribution in [0.5, 0.6) is 0 Å². The molecule has 0 bridgehead atoms. The Hall–Kier alpha value is -3.63. The quantitative estimate of drug-likeness (QED) is 0.450. The lowest BCUT2D eigenvalue weighted by atomic mass is 9.88. The Morgan fingerprint density at radius 2 is 1.65 bits per heavy atom. The van der Waals surface area contributed by atoms with E-state index >= 15 is 0 Å². The molecule has 4 N–H and O–H groups in total. The molecule has 2 amide bonds. The molecule has 1 fully saturated rings. The maximum Gasteiger partial charge on any atom is 0.303 e. The highest BCUT2D eigenvalue weighted by molar-refractivity contribution is 5.97. The number of benzene rings is 2. The summed E-state index contributed by atoms with van der Waals surface area (Å²) in [6, 6.07) is 15.1. The number of nitrogens with one attached hydrogen (secondary N) is 2. The van der Waals surface area contributed by atoms with Crippen LogP contribution >= 0.6 is 0 Å². The van der Waals surface area contributed by atoms with Crippen LogP contribution in [0.3, 0.4) is 0 Å². The van der Waals surface area contributed by atoms with Crippen molar-refractivity contribution in [1.29, 1.82) is 0 Å². The molecule has 0 spiro atoms. The summed E-state index contributed by atoms with van der Waals surface area (Å²) in [7, 11) is 0. The summed E-state index contributed by atoms with van der Waals surface area (Å²) in [4.78, 5) is 36.4. The second-order valence-corrected chi connectivity index (χ2v) is 8.51. The second-order valence-electron chi connectivity index (χ2n) is 8.51. The highest BCUT2D eigenvalue weighted by atomic mass is 16.4. The smallest absolute Gasteiger partial charge is 0.303 e. The van der Waals surface area contributed by atoms with E-state index in [1.807, 2.05) is 30.3 Å². The minimum Gasteiger partial charge on any atom is -0.481 e. The number of carbonyl (C=O) groups is 3. The summed E-state index contributed by atoms with van der Waals surface area (Å²) < 4.78 is 0. The molecule has 2 aromatic rings. The lowest BCUT2D eigenvalue weighted by molar-refractivity contribution is -0.137. The number of hydrogen-bond acceptors (Lipinski definition) is 4. The average Bonchev–Trinajstić information content (AvgIpc) is 2.85. The fraction of sp³-hybridized carbons (Fsp3) is 0.370. The van der Waals surface area contributed by atoms with Gasteiger partial charge in [0, 0.05) is 30.0 Å².